The molecule has 1 atom stereocenters. The molecule has 0 heterocycles. The van der Waals surface area contributed by atoms with Gasteiger partial charge in [-0.2, -0.15) is 5.26 Å². The molecule has 4 nitrogen and oxygen atoms in total. The molecule has 2 aromatic rings. The summed E-state index contributed by atoms with van der Waals surface area (Å²) >= 11 is 6.00. The summed E-state index contributed by atoms with van der Waals surface area (Å²) in [4.78, 5) is 11.1. The average molecular weight is 341 g/mol. The number of nitriles is 1. The van der Waals surface area contributed by atoms with E-state index < -0.39 is 0 Å². The minimum absolute atomic E-state index is 0.141. The Morgan fingerprint density at radius 2 is 1.96 bits per heavy atom. The maximum absolute atomic E-state index is 11.3. The molecule has 3 rings (SSSR count). The molecule has 0 radical (unpaired) electrons. The monoisotopic (exact) mass is 340 g/mol. The van der Waals surface area contributed by atoms with Gasteiger partial charge in [0.1, 0.15) is 0 Å². The van der Waals surface area contributed by atoms with Crippen LogP contribution in [0, 0.1) is 21.4 Å². The molecule has 1 fully saturated rings. The summed E-state index contributed by atoms with van der Waals surface area (Å²) in [6.07, 6.45) is 2.86. The highest BCUT2D eigenvalue weighted by Crippen LogP contribution is 2.53. The van der Waals surface area contributed by atoms with Crippen LogP contribution in [0.5, 0.6) is 0 Å². The molecule has 2 aromatic carbocycles. The number of benzene rings is 2. The smallest absolute Gasteiger partial charge is 0.211 e. The van der Waals surface area contributed by atoms with E-state index >= 15 is 0 Å². The average Bonchev–Trinajstić information content (AvgIpc) is 2.54. The van der Waals surface area contributed by atoms with Crippen molar-refractivity contribution in [2.24, 2.45) is 0 Å². The summed E-state index contributed by atoms with van der Waals surface area (Å²) < 4.78 is 0. The van der Waals surface area contributed by atoms with Crippen molar-refractivity contribution < 1.29 is 4.92 Å². The second kappa shape index (κ2) is 6.62. The molecule has 0 aliphatic heterocycles. The number of rotatable bonds is 5. The van der Waals surface area contributed by atoms with E-state index in [1.165, 1.54) is 0 Å². The van der Waals surface area contributed by atoms with Gasteiger partial charge in [0.15, 0.2) is 0 Å². The van der Waals surface area contributed by atoms with Crippen LogP contribution in [0.1, 0.15) is 41.9 Å². The Morgan fingerprint density at radius 1 is 1.25 bits per heavy atom. The van der Waals surface area contributed by atoms with Crippen LogP contribution in [0.2, 0.25) is 5.02 Å². The summed E-state index contributed by atoms with van der Waals surface area (Å²) in [5.74, 6) is -0.254. The van der Waals surface area contributed by atoms with Gasteiger partial charge < -0.3 is 0 Å². The second-order valence-corrected chi connectivity index (χ2v) is 6.76. The van der Waals surface area contributed by atoms with E-state index in [-0.39, 0.29) is 22.8 Å². The van der Waals surface area contributed by atoms with E-state index in [2.05, 4.69) is 6.07 Å². The van der Waals surface area contributed by atoms with Crippen LogP contribution in [0.15, 0.2) is 48.5 Å². The van der Waals surface area contributed by atoms with Crippen molar-refractivity contribution >= 4 is 11.6 Å². The Balaban J connectivity index is 2.08. The molecular weight excluding hydrogens is 324 g/mol. The van der Waals surface area contributed by atoms with Crippen LogP contribution >= 0.6 is 11.6 Å². The molecule has 1 aliphatic rings. The summed E-state index contributed by atoms with van der Waals surface area (Å²) in [5, 5.41) is 21.1. The highest BCUT2D eigenvalue weighted by Gasteiger charge is 2.48. The molecule has 1 saturated carbocycles. The van der Waals surface area contributed by atoms with Crippen molar-refractivity contribution in [2.45, 2.75) is 30.6 Å². The third-order valence-corrected chi connectivity index (χ3v) is 5.33. The molecule has 1 aliphatic carbocycles. The molecule has 0 spiro atoms. The normalized spacial score (nSPS) is 16.7. The van der Waals surface area contributed by atoms with Gasteiger partial charge in [0.25, 0.3) is 0 Å². The van der Waals surface area contributed by atoms with Crippen LogP contribution in [0.4, 0.5) is 0 Å². The van der Waals surface area contributed by atoms with Crippen molar-refractivity contribution in [3.63, 3.8) is 0 Å². The number of hydrogen-bond donors (Lipinski definition) is 0. The van der Waals surface area contributed by atoms with Crippen molar-refractivity contribution in [1.29, 1.82) is 5.26 Å². The zero-order valence-corrected chi connectivity index (χ0v) is 13.9. The van der Waals surface area contributed by atoms with Crippen LogP contribution in [0.25, 0.3) is 0 Å². The van der Waals surface area contributed by atoms with Gasteiger partial charge in [0.05, 0.1) is 17.6 Å². The zero-order chi connectivity index (χ0) is 17.2. The number of nitro groups is 1. The lowest BCUT2D eigenvalue weighted by atomic mass is 9.56. The Kier molecular flexibility index (Phi) is 4.55. The Labute approximate surface area is 145 Å². The van der Waals surface area contributed by atoms with E-state index in [1.807, 2.05) is 30.3 Å². The first-order valence-electron chi connectivity index (χ1n) is 7.93. The van der Waals surface area contributed by atoms with Crippen LogP contribution in [-0.4, -0.2) is 11.5 Å². The molecule has 0 aromatic heterocycles. The maximum Gasteiger partial charge on any atom is 0.211 e. The van der Waals surface area contributed by atoms with E-state index in [1.54, 1.807) is 18.2 Å². The summed E-state index contributed by atoms with van der Waals surface area (Å²) in [5.41, 5.74) is 2.23. The van der Waals surface area contributed by atoms with E-state index in [4.69, 9.17) is 16.9 Å². The van der Waals surface area contributed by atoms with Gasteiger partial charge in [-0.05, 0) is 48.2 Å². The first-order valence-corrected chi connectivity index (χ1v) is 8.31. The second-order valence-electron chi connectivity index (χ2n) is 6.32. The van der Waals surface area contributed by atoms with Gasteiger partial charge in [-0.25, -0.2) is 0 Å². The van der Waals surface area contributed by atoms with Gasteiger partial charge in [-0.15, -0.1) is 0 Å². The molecule has 0 N–H and O–H groups in total. The highest BCUT2D eigenvalue weighted by molar-refractivity contribution is 6.30. The van der Waals surface area contributed by atoms with Crippen molar-refractivity contribution in [1.82, 2.24) is 0 Å². The largest absolute Gasteiger partial charge is 0.265 e. The van der Waals surface area contributed by atoms with E-state index in [0.29, 0.717) is 10.6 Å². The van der Waals surface area contributed by atoms with Crippen LogP contribution in [-0.2, 0) is 5.41 Å². The Bertz CT molecular complexity index is 792. The molecule has 122 valence electrons. The van der Waals surface area contributed by atoms with Crippen molar-refractivity contribution in [3.05, 3.63) is 80.4 Å². The number of nitrogens with zero attached hydrogens (tertiary/aromatic N) is 2. The topological polar surface area (TPSA) is 66.9 Å². The molecule has 0 bridgehead atoms. The molecule has 0 saturated heterocycles. The zero-order valence-electron chi connectivity index (χ0n) is 13.1. The predicted molar refractivity (Wildman–Crippen MR) is 92.7 cm³/mol. The van der Waals surface area contributed by atoms with Crippen molar-refractivity contribution in [2.75, 3.05) is 6.54 Å². The van der Waals surface area contributed by atoms with Gasteiger partial charge in [0, 0.05) is 15.4 Å². The molecule has 5 heteroatoms. The fourth-order valence-corrected chi connectivity index (χ4v) is 3.88. The summed E-state index contributed by atoms with van der Waals surface area (Å²) in [6, 6.07) is 17.0. The fourth-order valence-electron chi connectivity index (χ4n) is 3.75. The lowest BCUT2D eigenvalue weighted by Crippen LogP contribution is -2.43. The van der Waals surface area contributed by atoms with Crippen molar-refractivity contribution in [3.8, 4) is 6.07 Å². The Hall–Kier alpha value is -2.38. The fraction of sp³-hybridized carbons (Fsp3) is 0.316. The molecule has 24 heavy (non-hydrogen) atoms. The van der Waals surface area contributed by atoms with Gasteiger partial charge in [-0.3, -0.25) is 10.1 Å². The first-order chi connectivity index (χ1) is 11.5. The number of hydrogen-bond acceptors (Lipinski definition) is 3. The summed E-state index contributed by atoms with van der Waals surface area (Å²) in [6.45, 7) is -0.141. The molecule has 0 unspecified atom stereocenters. The van der Waals surface area contributed by atoms with Crippen LogP contribution in [0.3, 0.4) is 0 Å². The third-order valence-electron chi connectivity index (χ3n) is 5.08. The summed E-state index contributed by atoms with van der Waals surface area (Å²) in [7, 11) is 0. The Morgan fingerprint density at radius 3 is 2.50 bits per heavy atom. The van der Waals surface area contributed by atoms with Crippen LogP contribution < -0.4 is 0 Å². The SMILES string of the molecule is N#Cc1cccc([C@H](C[N+](=O)[O-])C2(c3ccc(Cl)cc3)CCC2)c1. The van der Waals surface area contributed by atoms with E-state index in [9.17, 15) is 10.1 Å². The first kappa shape index (κ1) is 16.5. The van der Waals surface area contributed by atoms with Gasteiger partial charge in [0.2, 0.25) is 6.54 Å². The lowest BCUT2D eigenvalue weighted by molar-refractivity contribution is -0.486. The van der Waals surface area contributed by atoms with Gasteiger partial charge >= 0.3 is 0 Å². The highest BCUT2D eigenvalue weighted by atomic mass is 35.5. The predicted octanol–water partition coefficient (Wildman–Crippen LogP) is 4.69. The molecule has 0 amide bonds. The molecular formula is C19H17ClN2O2. The third kappa shape index (κ3) is 3.00. The standard InChI is InChI=1S/C19H17ClN2O2/c20-17-7-5-16(6-8-17)19(9-2-10-19)18(13-22(23)24)15-4-1-3-14(11-15)12-21/h1,3-8,11,18H,2,9-10,13H2/t18-/m0/s1. The number of halogens is 1. The maximum atomic E-state index is 11.3. The minimum atomic E-state index is -0.258. The quantitative estimate of drug-likeness (QED) is 0.585. The van der Waals surface area contributed by atoms with E-state index in [0.717, 1.165) is 30.4 Å². The minimum Gasteiger partial charge on any atom is -0.265 e. The lowest BCUT2D eigenvalue weighted by Gasteiger charge is -2.47. The van der Waals surface area contributed by atoms with Gasteiger partial charge in [-0.1, -0.05) is 42.3 Å².